The first kappa shape index (κ1) is 13.6. The smallest absolute Gasteiger partial charge is 0.167 e. The van der Waals surface area contributed by atoms with Crippen molar-refractivity contribution in [1.29, 1.82) is 0 Å². The lowest BCUT2D eigenvalue weighted by atomic mass is 10.0. The number of morpholine rings is 1. The second kappa shape index (κ2) is 5.91. The van der Waals surface area contributed by atoms with E-state index < -0.39 is 6.10 Å². The van der Waals surface area contributed by atoms with Crippen LogP contribution in [0.15, 0.2) is 22.7 Å². The number of nitrogens with zero attached hydrogens (tertiary/aromatic N) is 1. The molecule has 0 saturated carbocycles. The zero-order chi connectivity index (χ0) is 13.1. The highest BCUT2D eigenvalue weighted by atomic mass is 79.9. The van der Waals surface area contributed by atoms with E-state index in [2.05, 4.69) is 15.9 Å². The third-order valence-electron chi connectivity index (χ3n) is 3.01. The van der Waals surface area contributed by atoms with Crippen LogP contribution >= 0.6 is 15.9 Å². The van der Waals surface area contributed by atoms with Crippen molar-refractivity contribution < 1.29 is 13.9 Å². The number of carbonyl (C=O) groups is 1. The number of rotatable bonds is 3. The molecule has 1 aliphatic heterocycles. The van der Waals surface area contributed by atoms with E-state index in [1.807, 2.05) is 11.9 Å². The molecule has 0 spiro atoms. The molecule has 0 amide bonds. The number of benzene rings is 1. The normalized spacial score (nSPS) is 20.9. The van der Waals surface area contributed by atoms with Crippen molar-refractivity contribution in [3.05, 3.63) is 34.1 Å². The predicted molar refractivity (Wildman–Crippen MR) is 70.0 cm³/mol. The summed E-state index contributed by atoms with van der Waals surface area (Å²) in [5.41, 5.74) is 0.417. The summed E-state index contributed by atoms with van der Waals surface area (Å²) in [6, 6.07) is 4.74. The molecule has 1 unspecified atom stereocenters. The van der Waals surface area contributed by atoms with Crippen molar-refractivity contribution >= 4 is 21.7 Å². The number of ketones is 1. The topological polar surface area (TPSA) is 29.5 Å². The Hall–Kier alpha value is -0.780. The summed E-state index contributed by atoms with van der Waals surface area (Å²) >= 11 is 3.19. The van der Waals surface area contributed by atoms with Crippen LogP contribution in [0.4, 0.5) is 4.39 Å². The molecule has 0 N–H and O–H groups in total. The maximum atomic E-state index is 13.6. The van der Waals surface area contributed by atoms with Crippen molar-refractivity contribution in [3.63, 3.8) is 0 Å². The van der Waals surface area contributed by atoms with Crippen molar-refractivity contribution in [2.24, 2.45) is 0 Å². The van der Waals surface area contributed by atoms with Gasteiger partial charge in [0.05, 0.1) is 6.61 Å². The Balaban J connectivity index is 2.02. The summed E-state index contributed by atoms with van der Waals surface area (Å²) in [5, 5.41) is 0. The number of hydrogen-bond acceptors (Lipinski definition) is 3. The lowest BCUT2D eigenvalue weighted by molar-refractivity contribution is -0.134. The van der Waals surface area contributed by atoms with Gasteiger partial charge in [0.15, 0.2) is 5.78 Å². The number of carbonyl (C=O) groups excluding carboxylic acids is 1. The molecule has 1 saturated heterocycles. The van der Waals surface area contributed by atoms with Crippen LogP contribution in [0.3, 0.4) is 0 Å². The van der Waals surface area contributed by atoms with Crippen LogP contribution in [0.25, 0.3) is 0 Å². The van der Waals surface area contributed by atoms with Gasteiger partial charge in [0, 0.05) is 24.0 Å². The molecule has 0 bridgehead atoms. The lowest BCUT2D eigenvalue weighted by Crippen LogP contribution is -2.44. The largest absolute Gasteiger partial charge is 0.368 e. The highest BCUT2D eigenvalue weighted by Gasteiger charge is 2.25. The van der Waals surface area contributed by atoms with Gasteiger partial charge in [0.25, 0.3) is 0 Å². The molecule has 1 heterocycles. The van der Waals surface area contributed by atoms with Crippen LogP contribution in [0.2, 0.25) is 0 Å². The van der Waals surface area contributed by atoms with Gasteiger partial charge in [0.1, 0.15) is 11.9 Å². The van der Waals surface area contributed by atoms with E-state index in [1.165, 1.54) is 6.07 Å². The first-order valence-electron chi connectivity index (χ1n) is 5.83. The van der Waals surface area contributed by atoms with E-state index in [-0.39, 0.29) is 18.0 Å². The fourth-order valence-corrected chi connectivity index (χ4v) is 2.27. The molecule has 5 heteroatoms. The molecular formula is C13H15BrFNO2. The first-order valence-corrected chi connectivity index (χ1v) is 6.62. The Morgan fingerprint density at radius 1 is 1.61 bits per heavy atom. The number of halogens is 2. The monoisotopic (exact) mass is 315 g/mol. The van der Waals surface area contributed by atoms with Crippen LogP contribution in [0.1, 0.15) is 5.56 Å². The first-order chi connectivity index (χ1) is 8.56. The predicted octanol–water partition coefficient (Wildman–Crippen LogP) is 2.03. The maximum absolute atomic E-state index is 13.6. The zero-order valence-electron chi connectivity index (χ0n) is 10.2. The Labute approximate surface area is 114 Å². The molecule has 1 aliphatic rings. The molecule has 98 valence electrons. The molecule has 3 nitrogen and oxygen atoms in total. The number of likely N-dealkylation sites (N-methyl/N-ethyl adjacent to an activating group) is 1. The van der Waals surface area contributed by atoms with Gasteiger partial charge in [-0.1, -0.05) is 22.0 Å². The van der Waals surface area contributed by atoms with Gasteiger partial charge in [-0.05, 0) is 24.7 Å². The molecule has 1 aromatic rings. The molecule has 18 heavy (non-hydrogen) atoms. The van der Waals surface area contributed by atoms with E-state index in [0.29, 0.717) is 23.2 Å². The minimum atomic E-state index is -0.438. The molecule has 0 aliphatic carbocycles. The molecule has 1 fully saturated rings. The molecular weight excluding hydrogens is 301 g/mol. The van der Waals surface area contributed by atoms with E-state index >= 15 is 0 Å². The molecule has 2 rings (SSSR count). The molecule has 0 radical (unpaired) electrons. The van der Waals surface area contributed by atoms with Crippen molar-refractivity contribution in [2.75, 3.05) is 26.7 Å². The number of ether oxygens (including phenoxy) is 1. The summed E-state index contributed by atoms with van der Waals surface area (Å²) in [6.07, 6.45) is -0.357. The van der Waals surface area contributed by atoms with Crippen LogP contribution in [-0.4, -0.2) is 43.5 Å². The zero-order valence-corrected chi connectivity index (χ0v) is 11.7. The van der Waals surface area contributed by atoms with Gasteiger partial charge in [-0.2, -0.15) is 0 Å². The fourth-order valence-electron chi connectivity index (χ4n) is 1.94. The van der Waals surface area contributed by atoms with E-state index in [0.717, 1.165) is 6.54 Å². The van der Waals surface area contributed by atoms with Crippen molar-refractivity contribution in [3.8, 4) is 0 Å². The van der Waals surface area contributed by atoms with Crippen LogP contribution in [-0.2, 0) is 16.0 Å². The van der Waals surface area contributed by atoms with Crippen molar-refractivity contribution in [2.45, 2.75) is 12.5 Å². The highest BCUT2D eigenvalue weighted by Crippen LogP contribution is 2.17. The van der Waals surface area contributed by atoms with Crippen molar-refractivity contribution in [1.82, 2.24) is 4.90 Å². The van der Waals surface area contributed by atoms with E-state index in [4.69, 9.17) is 4.74 Å². The van der Waals surface area contributed by atoms with Crippen LogP contribution in [0, 0.1) is 5.82 Å². The molecule has 0 aromatic heterocycles. The minimum Gasteiger partial charge on any atom is -0.368 e. The lowest BCUT2D eigenvalue weighted by Gasteiger charge is -2.29. The second-order valence-corrected chi connectivity index (χ2v) is 5.42. The standard InChI is InChI=1S/C13H15BrFNO2/c1-16-4-5-18-13(8-16)12(17)6-9-2-3-10(14)7-11(9)15/h2-3,7,13H,4-6,8H2,1H3. The van der Waals surface area contributed by atoms with Crippen LogP contribution < -0.4 is 0 Å². The Kier molecular flexibility index (Phi) is 4.48. The average molecular weight is 316 g/mol. The second-order valence-electron chi connectivity index (χ2n) is 4.50. The summed E-state index contributed by atoms with van der Waals surface area (Å²) in [5.74, 6) is -0.426. The summed E-state index contributed by atoms with van der Waals surface area (Å²) in [7, 11) is 1.95. The average Bonchev–Trinajstić information content (AvgIpc) is 2.32. The summed E-state index contributed by atoms with van der Waals surface area (Å²) < 4.78 is 19.7. The Bertz CT molecular complexity index is 453. The van der Waals surface area contributed by atoms with Gasteiger partial charge in [-0.3, -0.25) is 4.79 Å². The van der Waals surface area contributed by atoms with Gasteiger partial charge >= 0.3 is 0 Å². The third kappa shape index (κ3) is 3.37. The number of Topliss-reactive ketones (excluding diaryl/α,β-unsaturated/α-hetero) is 1. The van der Waals surface area contributed by atoms with Gasteiger partial charge < -0.3 is 9.64 Å². The number of hydrogen-bond donors (Lipinski definition) is 0. The highest BCUT2D eigenvalue weighted by molar-refractivity contribution is 9.10. The fraction of sp³-hybridized carbons (Fsp3) is 0.462. The van der Waals surface area contributed by atoms with Gasteiger partial charge in [0.2, 0.25) is 0 Å². The van der Waals surface area contributed by atoms with E-state index in [9.17, 15) is 9.18 Å². The Morgan fingerprint density at radius 2 is 2.39 bits per heavy atom. The Morgan fingerprint density at radius 3 is 3.06 bits per heavy atom. The van der Waals surface area contributed by atoms with Gasteiger partial charge in [-0.25, -0.2) is 4.39 Å². The SMILES string of the molecule is CN1CCOC(C(=O)Cc2ccc(Br)cc2F)C1. The quantitative estimate of drug-likeness (QED) is 0.855. The van der Waals surface area contributed by atoms with E-state index in [1.54, 1.807) is 12.1 Å². The summed E-state index contributed by atoms with van der Waals surface area (Å²) in [4.78, 5) is 14.1. The maximum Gasteiger partial charge on any atom is 0.167 e. The minimum absolute atomic E-state index is 0.0669. The molecule has 1 atom stereocenters. The van der Waals surface area contributed by atoms with Crippen LogP contribution in [0.5, 0.6) is 0 Å². The summed E-state index contributed by atoms with van der Waals surface area (Å²) in [6.45, 7) is 1.96. The third-order valence-corrected chi connectivity index (χ3v) is 3.50. The molecule has 1 aromatic carbocycles. The van der Waals surface area contributed by atoms with Gasteiger partial charge in [-0.15, -0.1) is 0 Å².